The topological polar surface area (TPSA) is 46.5 Å². The van der Waals surface area contributed by atoms with E-state index in [1.165, 1.54) is 0 Å². The number of aliphatic carboxylic acids is 1. The van der Waals surface area contributed by atoms with E-state index >= 15 is 0 Å². The van der Waals surface area contributed by atoms with Gasteiger partial charge < -0.3 is 9.84 Å². The van der Waals surface area contributed by atoms with E-state index in [9.17, 15) is 4.79 Å². The van der Waals surface area contributed by atoms with E-state index in [-0.39, 0.29) is 0 Å². The Bertz CT molecular complexity index is 347. The number of hydrogen-bond donors (Lipinski definition) is 1. The Morgan fingerprint density at radius 2 is 2.06 bits per heavy atom. The molecule has 0 aromatic heterocycles. The molecule has 1 aromatic rings. The van der Waals surface area contributed by atoms with Crippen LogP contribution in [0, 0.1) is 11.8 Å². The Morgan fingerprint density at radius 1 is 1.31 bits per heavy atom. The summed E-state index contributed by atoms with van der Waals surface area (Å²) in [6.07, 6.45) is 2.33. The van der Waals surface area contributed by atoms with Crippen LogP contribution in [0.3, 0.4) is 0 Å². The highest BCUT2D eigenvalue weighted by atomic mass is 16.5. The van der Waals surface area contributed by atoms with Gasteiger partial charge in [-0.15, -0.1) is 0 Å². The second-order valence-electron chi connectivity index (χ2n) is 4.30. The number of ether oxygens (including phenoxy) is 1. The van der Waals surface area contributed by atoms with E-state index in [2.05, 4.69) is 0 Å². The van der Waals surface area contributed by atoms with E-state index in [1.54, 1.807) is 0 Å². The molecule has 1 aromatic carbocycles. The normalized spacial score (nSPS) is 22.8. The molecule has 1 N–H and O–H groups in total. The first-order chi connectivity index (χ1) is 7.75. The summed E-state index contributed by atoms with van der Waals surface area (Å²) in [5.41, 5.74) is 0. The Labute approximate surface area is 95.0 Å². The third-order valence-corrected chi connectivity index (χ3v) is 3.01. The molecule has 3 heteroatoms. The van der Waals surface area contributed by atoms with Gasteiger partial charge in [-0.25, -0.2) is 0 Å². The van der Waals surface area contributed by atoms with Crippen molar-refractivity contribution < 1.29 is 14.6 Å². The zero-order valence-electron chi connectivity index (χ0n) is 9.13. The molecule has 0 saturated heterocycles. The van der Waals surface area contributed by atoms with Crippen molar-refractivity contribution in [3.8, 4) is 5.75 Å². The van der Waals surface area contributed by atoms with Gasteiger partial charge in [0.2, 0.25) is 0 Å². The van der Waals surface area contributed by atoms with Crippen LogP contribution in [-0.2, 0) is 4.79 Å². The van der Waals surface area contributed by atoms with Crippen molar-refractivity contribution in [2.75, 3.05) is 6.61 Å². The maximum Gasteiger partial charge on any atom is 0.303 e. The zero-order valence-corrected chi connectivity index (χ0v) is 9.13. The van der Waals surface area contributed by atoms with Gasteiger partial charge in [-0.3, -0.25) is 4.79 Å². The minimum absolute atomic E-state index is 0.315. The largest absolute Gasteiger partial charge is 0.494 e. The predicted molar refractivity (Wildman–Crippen MR) is 60.4 cm³/mol. The maximum absolute atomic E-state index is 10.5. The van der Waals surface area contributed by atoms with Crippen LogP contribution in [0.4, 0.5) is 0 Å². The first-order valence-electron chi connectivity index (χ1n) is 5.65. The van der Waals surface area contributed by atoms with Crippen molar-refractivity contribution in [1.82, 2.24) is 0 Å². The lowest BCUT2D eigenvalue weighted by Gasteiger charge is -2.04. The molecule has 0 unspecified atom stereocenters. The van der Waals surface area contributed by atoms with Gasteiger partial charge >= 0.3 is 5.97 Å². The van der Waals surface area contributed by atoms with Gasteiger partial charge in [0.25, 0.3) is 0 Å². The summed E-state index contributed by atoms with van der Waals surface area (Å²) >= 11 is 0. The molecule has 3 nitrogen and oxygen atoms in total. The van der Waals surface area contributed by atoms with Crippen LogP contribution in [0.1, 0.15) is 19.3 Å². The third-order valence-electron chi connectivity index (χ3n) is 3.01. The van der Waals surface area contributed by atoms with Gasteiger partial charge in [0.05, 0.1) is 6.61 Å². The molecular formula is C13H16O3. The number of carbonyl (C=O) groups is 1. The van der Waals surface area contributed by atoms with E-state index in [1.807, 2.05) is 30.3 Å². The van der Waals surface area contributed by atoms with Crippen molar-refractivity contribution in [3.63, 3.8) is 0 Å². The average molecular weight is 220 g/mol. The molecule has 1 fully saturated rings. The lowest BCUT2D eigenvalue weighted by molar-refractivity contribution is -0.137. The summed E-state index contributed by atoms with van der Waals surface area (Å²) in [5, 5.41) is 8.61. The van der Waals surface area contributed by atoms with Crippen molar-refractivity contribution in [2.24, 2.45) is 11.8 Å². The molecular weight excluding hydrogens is 204 g/mol. The summed E-state index contributed by atoms with van der Waals surface area (Å²) in [5.74, 6) is 1.14. The fourth-order valence-corrected chi connectivity index (χ4v) is 1.98. The number of carboxylic acids is 1. The van der Waals surface area contributed by atoms with Crippen molar-refractivity contribution in [1.29, 1.82) is 0 Å². The fourth-order valence-electron chi connectivity index (χ4n) is 1.98. The molecule has 2 rings (SSSR count). The quantitative estimate of drug-likeness (QED) is 0.801. The SMILES string of the molecule is O=C(O)C[C@@H]1C[C@H]1CCOc1ccccc1. The minimum atomic E-state index is -0.684. The fraction of sp³-hybridized carbons (Fsp3) is 0.462. The highest BCUT2D eigenvalue weighted by Gasteiger charge is 2.37. The van der Waals surface area contributed by atoms with E-state index in [4.69, 9.17) is 9.84 Å². The van der Waals surface area contributed by atoms with Gasteiger partial charge in [0, 0.05) is 6.42 Å². The Hall–Kier alpha value is -1.51. The Balaban J connectivity index is 1.62. The van der Waals surface area contributed by atoms with Crippen molar-refractivity contribution in [3.05, 3.63) is 30.3 Å². The molecule has 0 spiro atoms. The van der Waals surface area contributed by atoms with Crippen LogP contribution >= 0.6 is 0 Å². The molecule has 0 radical (unpaired) electrons. The summed E-state index contributed by atoms with van der Waals surface area (Å²) in [7, 11) is 0. The monoisotopic (exact) mass is 220 g/mol. The first kappa shape index (κ1) is 11.0. The van der Waals surface area contributed by atoms with E-state index in [0.717, 1.165) is 18.6 Å². The molecule has 1 aliphatic carbocycles. The smallest absolute Gasteiger partial charge is 0.303 e. The third kappa shape index (κ3) is 3.26. The van der Waals surface area contributed by atoms with Crippen LogP contribution in [-0.4, -0.2) is 17.7 Å². The standard InChI is InChI=1S/C13H16O3/c14-13(15)9-11-8-10(11)6-7-16-12-4-2-1-3-5-12/h1-5,10-11H,6-9H2,(H,14,15)/t10-,11+/m1/s1. The van der Waals surface area contributed by atoms with Gasteiger partial charge in [-0.05, 0) is 36.8 Å². The predicted octanol–water partition coefficient (Wildman–Crippen LogP) is 2.57. The van der Waals surface area contributed by atoms with Crippen LogP contribution < -0.4 is 4.74 Å². The van der Waals surface area contributed by atoms with Crippen LogP contribution in [0.25, 0.3) is 0 Å². The van der Waals surface area contributed by atoms with Crippen molar-refractivity contribution in [2.45, 2.75) is 19.3 Å². The highest BCUT2D eigenvalue weighted by Crippen LogP contribution is 2.43. The van der Waals surface area contributed by atoms with Crippen LogP contribution in [0.5, 0.6) is 5.75 Å². The van der Waals surface area contributed by atoms with Crippen molar-refractivity contribution >= 4 is 5.97 Å². The zero-order chi connectivity index (χ0) is 11.4. The summed E-state index contributed by atoms with van der Waals surface area (Å²) in [6.45, 7) is 0.685. The van der Waals surface area contributed by atoms with Gasteiger partial charge in [-0.2, -0.15) is 0 Å². The second-order valence-corrected chi connectivity index (χ2v) is 4.30. The molecule has 1 saturated carbocycles. The molecule has 1 aliphatic rings. The molecule has 0 heterocycles. The molecule has 0 aliphatic heterocycles. The minimum Gasteiger partial charge on any atom is -0.494 e. The van der Waals surface area contributed by atoms with Gasteiger partial charge in [0.15, 0.2) is 0 Å². The molecule has 2 atom stereocenters. The Kier molecular flexibility index (Phi) is 3.44. The number of para-hydroxylation sites is 1. The summed E-state index contributed by atoms with van der Waals surface area (Å²) < 4.78 is 5.56. The lowest BCUT2D eigenvalue weighted by Crippen LogP contribution is -2.01. The van der Waals surface area contributed by atoms with E-state index in [0.29, 0.717) is 24.9 Å². The summed E-state index contributed by atoms with van der Waals surface area (Å²) in [6, 6.07) is 9.71. The first-order valence-corrected chi connectivity index (χ1v) is 5.65. The number of hydrogen-bond acceptors (Lipinski definition) is 2. The number of carboxylic acid groups (broad SMARTS) is 1. The number of rotatable bonds is 6. The highest BCUT2D eigenvalue weighted by molar-refractivity contribution is 5.67. The molecule has 0 amide bonds. The average Bonchev–Trinajstić information content (AvgIpc) is 2.97. The van der Waals surface area contributed by atoms with Gasteiger partial charge in [0.1, 0.15) is 5.75 Å². The molecule has 0 bridgehead atoms. The van der Waals surface area contributed by atoms with E-state index < -0.39 is 5.97 Å². The van der Waals surface area contributed by atoms with Crippen LogP contribution in [0.15, 0.2) is 30.3 Å². The van der Waals surface area contributed by atoms with Crippen LogP contribution in [0.2, 0.25) is 0 Å². The lowest BCUT2D eigenvalue weighted by atomic mass is 10.2. The maximum atomic E-state index is 10.5. The second kappa shape index (κ2) is 5.01. The van der Waals surface area contributed by atoms with Gasteiger partial charge in [-0.1, -0.05) is 18.2 Å². The summed E-state index contributed by atoms with van der Waals surface area (Å²) in [4.78, 5) is 10.5. The number of benzene rings is 1. The molecule has 16 heavy (non-hydrogen) atoms. The Morgan fingerprint density at radius 3 is 2.75 bits per heavy atom. The molecule has 86 valence electrons.